The number of rotatable bonds is 8. The van der Waals surface area contributed by atoms with Crippen molar-refractivity contribution in [1.82, 2.24) is 0 Å². The van der Waals surface area contributed by atoms with Gasteiger partial charge in [0.2, 0.25) is 0 Å². The number of ether oxygens (including phenoxy) is 2. The van der Waals surface area contributed by atoms with E-state index in [0.717, 1.165) is 24.5 Å². The minimum Gasteiger partial charge on any atom is -0.399 e. The van der Waals surface area contributed by atoms with Gasteiger partial charge in [-0.3, -0.25) is 0 Å². The lowest BCUT2D eigenvalue weighted by Crippen LogP contribution is -2.03. The second-order valence-corrected chi connectivity index (χ2v) is 4.54. The summed E-state index contributed by atoms with van der Waals surface area (Å²) < 4.78 is 10.3. The third kappa shape index (κ3) is 6.00. The van der Waals surface area contributed by atoms with E-state index in [0.29, 0.717) is 13.2 Å². The van der Waals surface area contributed by atoms with Gasteiger partial charge in [0.15, 0.2) is 0 Å². The molecular weight excluding hydrogens is 222 g/mol. The lowest BCUT2D eigenvalue weighted by molar-refractivity contribution is 0.0713. The highest BCUT2D eigenvalue weighted by molar-refractivity contribution is 7.99. The van der Waals surface area contributed by atoms with Crippen molar-refractivity contribution in [1.29, 1.82) is 0 Å². The fourth-order valence-corrected chi connectivity index (χ4v) is 1.99. The van der Waals surface area contributed by atoms with E-state index in [1.54, 1.807) is 7.11 Å². The van der Waals surface area contributed by atoms with Gasteiger partial charge in [0.05, 0.1) is 13.2 Å². The molecule has 0 aliphatic rings. The van der Waals surface area contributed by atoms with Crippen molar-refractivity contribution in [2.24, 2.45) is 0 Å². The fraction of sp³-hybridized carbons (Fsp3) is 0.500. The summed E-state index contributed by atoms with van der Waals surface area (Å²) in [6, 6.07) is 7.95. The Morgan fingerprint density at radius 3 is 2.56 bits per heavy atom. The van der Waals surface area contributed by atoms with E-state index in [4.69, 9.17) is 15.2 Å². The Balaban J connectivity index is 2.01. The molecule has 0 saturated carbocycles. The molecule has 1 aromatic carbocycles. The van der Waals surface area contributed by atoms with Crippen molar-refractivity contribution in [3.63, 3.8) is 0 Å². The van der Waals surface area contributed by atoms with Crippen molar-refractivity contribution in [2.45, 2.75) is 11.3 Å². The first-order valence-corrected chi connectivity index (χ1v) is 6.36. The van der Waals surface area contributed by atoms with Crippen LogP contribution in [-0.4, -0.2) is 32.7 Å². The zero-order valence-corrected chi connectivity index (χ0v) is 10.5. The monoisotopic (exact) mass is 241 g/mol. The molecular formula is C12H19NO2S. The Hall–Kier alpha value is -0.710. The maximum atomic E-state index is 5.61. The second kappa shape index (κ2) is 8.44. The van der Waals surface area contributed by atoms with Crippen LogP contribution in [0.4, 0.5) is 5.69 Å². The zero-order valence-electron chi connectivity index (χ0n) is 9.65. The highest BCUT2D eigenvalue weighted by Gasteiger charge is 1.94. The summed E-state index contributed by atoms with van der Waals surface area (Å²) in [4.78, 5) is 1.26. The molecule has 2 N–H and O–H groups in total. The quantitative estimate of drug-likeness (QED) is 0.431. The van der Waals surface area contributed by atoms with Gasteiger partial charge in [-0.05, 0) is 30.7 Å². The summed E-state index contributed by atoms with van der Waals surface area (Å²) in [6.45, 7) is 2.15. The molecule has 0 aliphatic heterocycles. The van der Waals surface area contributed by atoms with Crippen LogP contribution in [-0.2, 0) is 9.47 Å². The first-order chi connectivity index (χ1) is 7.83. The molecule has 0 spiro atoms. The van der Waals surface area contributed by atoms with Crippen LogP contribution in [0.3, 0.4) is 0 Å². The Bertz CT molecular complexity index is 277. The molecule has 0 bridgehead atoms. The van der Waals surface area contributed by atoms with Gasteiger partial charge in [0, 0.05) is 30.1 Å². The molecule has 0 radical (unpaired) electrons. The Morgan fingerprint density at radius 1 is 1.12 bits per heavy atom. The van der Waals surface area contributed by atoms with Crippen LogP contribution in [0.2, 0.25) is 0 Å². The lowest BCUT2D eigenvalue weighted by atomic mass is 10.3. The van der Waals surface area contributed by atoms with E-state index in [1.165, 1.54) is 4.90 Å². The number of anilines is 1. The van der Waals surface area contributed by atoms with Crippen LogP contribution in [0, 0.1) is 0 Å². The van der Waals surface area contributed by atoms with Gasteiger partial charge in [-0.15, -0.1) is 11.8 Å². The molecule has 3 nitrogen and oxygen atoms in total. The molecule has 4 heteroatoms. The van der Waals surface area contributed by atoms with Crippen molar-refractivity contribution in [2.75, 3.05) is 38.4 Å². The number of benzene rings is 1. The molecule has 0 amide bonds. The molecule has 16 heavy (non-hydrogen) atoms. The summed E-state index contributed by atoms with van der Waals surface area (Å²) in [5.74, 6) is 1.07. The molecule has 0 aromatic heterocycles. The topological polar surface area (TPSA) is 44.5 Å². The van der Waals surface area contributed by atoms with E-state index >= 15 is 0 Å². The SMILES string of the molecule is COCCOCCCSc1ccc(N)cc1. The van der Waals surface area contributed by atoms with Gasteiger partial charge in [0.25, 0.3) is 0 Å². The number of thioether (sulfide) groups is 1. The number of nitrogens with two attached hydrogens (primary N) is 1. The van der Waals surface area contributed by atoms with Gasteiger partial charge < -0.3 is 15.2 Å². The predicted octanol–water partition coefficient (Wildman–Crippen LogP) is 2.41. The van der Waals surface area contributed by atoms with Crippen LogP contribution >= 0.6 is 11.8 Å². The number of hydrogen-bond acceptors (Lipinski definition) is 4. The Labute approximate surface area is 101 Å². The Kier molecular flexibility index (Phi) is 7.05. The molecule has 1 aromatic rings. The van der Waals surface area contributed by atoms with E-state index in [2.05, 4.69) is 0 Å². The Morgan fingerprint density at radius 2 is 1.88 bits per heavy atom. The maximum absolute atomic E-state index is 5.61. The standard InChI is InChI=1S/C12H19NO2S/c1-14-8-9-15-7-2-10-16-12-5-3-11(13)4-6-12/h3-6H,2,7-10,13H2,1H3. The zero-order chi connectivity index (χ0) is 11.6. The lowest BCUT2D eigenvalue weighted by Gasteiger charge is -2.04. The first-order valence-electron chi connectivity index (χ1n) is 5.38. The maximum Gasteiger partial charge on any atom is 0.0700 e. The molecule has 0 unspecified atom stereocenters. The highest BCUT2D eigenvalue weighted by atomic mass is 32.2. The second-order valence-electron chi connectivity index (χ2n) is 3.38. The predicted molar refractivity (Wildman–Crippen MR) is 68.9 cm³/mol. The van der Waals surface area contributed by atoms with Gasteiger partial charge >= 0.3 is 0 Å². The van der Waals surface area contributed by atoms with Crippen molar-refractivity contribution < 1.29 is 9.47 Å². The summed E-state index contributed by atoms with van der Waals surface area (Å²) >= 11 is 1.83. The van der Waals surface area contributed by atoms with E-state index in [1.807, 2.05) is 36.0 Å². The molecule has 0 aliphatic carbocycles. The summed E-state index contributed by atoms with van der Waals surface area (Å²) in [6.07, 6.45) is 1.05. The van der Waals surface area contributed by atoms with E-state index < -0.39 is 0 Å². The smallest absolute Gasteiger partial charge is 0.0700 e. The molecule has 90 valence electrons. The largest absolute Gasteiger partial charge is 0.399 e. The van der Waals surface area contributed by atoms with Gasteiger partial charge in [-0.1, -0.05) is 0 Å². The van der Waals surface area contributed by atoms with Crippen LogP contribution in [0.25, 0.3) is 0 Å². The molecule has 0 saturated heterocycles. The molecule has 1 rings (SSSR count). The average molecular weight is 241 g/mol. The van der Waals surface area contributed by atoms with E-state index in [-0.39, 0.29) is 0 Å². The number of hydrogen-bond donors (Lipinski definition) is 1. The van der Waals surface area contributed by atoms with Crippen molar-refractivity contribution in [3.8, 4) is 0 Å². The van der Waals surface area contributed by atoms with Crippen LogP contribution < -0.4 is 5.73 Å². The minimum atomic E-state index is 0.672. The average Bonchev–Trinajstić information content (AvgIpc) is 2.30. The molecule has 0 atom stereocenters. The van der Waals surface area contributed by atoms with Crippen LogP contribution in [0.5, 0.6) is 0 Å². The fourth-order valence-electron chi connectivity index (χ4n) is 1.16. The van der Waals surface area contributed by atoms with Crippen LogP contribution in [0.1, 0.15) is 6.42 Å². The third-order valence-electron chi connectivity index (χ3n) is 2.01. The van der Waals surface area contributed by atoms with Crippen molar-refractivity contribution in [3.05, 3.63) is 24.3 Å². The molecule has 0 heterocycles. The number of methoxy groups -OCH3 is 1. The van der Waals surface area contributed by atoms with Gasteiger partial charge in [-0.25, -0.2) is 0 Å². The van der Waals surface area contributed by atoms with E-state index in [9.17, 15) is 0 Å². The van der Waals surface area contributed by atoms with Crippen molar-refractivity contribution >= 4 is 17.4 Å². The number of nitrogen functional groups attached to an aromatic ring is 1. The summed E-state index contributed by atoms with van der Waals surface area (Å²) in [5, 5.41) is 0. The minimum absolute atomic E-state index is 0.672. The molecule has 0 fully saturated rings. The summed E-state index contributed by atoms with van der Waals surface area (Å²) in [5.41, 5.74) is 6.42. The van der Waals surface area contributed by atoms with Crippen LogP contribution in [0.15, 0.2) is 29.2 Å². The van der Waals surface area contributed by atoms with Gasteiger partial charge in [0.1, 0.15) is 0 Å². The highest BCUT2D eigenvalue weighted by Crippen LogP contribution is 2.19. The van der Waals surface area contributed by atoms with Gasteiger partial charge in [-0.2, -0.15) is 0 Å². The summed E-state index contributed by atoms with van der Waals surface area (Å²) in [7, 11) is 1.68. The first kappa shape index (κ1) is 13.4. The third-order valence-corrected chi connectivity index (χ3v) is 3.11. The normalized spacial score (nSPS) is 10.6.